The maximum absolute atomic E-state index is 8.98. The topological polar surface area (TPSA) is 29.5 Å². The summed E-state index contributed by atoms with van der Waals surface area (Å²) in [7, 11) is 0. The zero-order chi connectivity index (χ0) is 12.5. The van der Waals surface area contributed by atoms with Crippen molar-refractivity contribution in [2.24, 2.45) is 5.92 Å². The summed E-state index contributed by atoms with van der Waals surface area (Å²) in [5.74, 6) is 0.743. The number of aliphatic hydroxyl groups is 1. The number of allylic oxidation sites excluding steroid dienone is 1. The molecule has 1 aliphatic carbocycles. The van der Waals surface area contributed by atoms with Crippen molar-refractivity contribution < 1.29 is 9.84 Å². The second-order valence-corrected chi connectivity index (χ2v) is 6.39. The fraction of sp³-hybridized carbons (Fsp3) is 0.867. The van der Waals surface area contributed by atoms with E-state index in [0.29, 0.717) is 0 Å². The molecule has 0 amide bonds. The normalized spacial score (nSPS) is 41.9. The molecule has 0 spiro atoms. The van der Waals surface area contributed by atoms with Gasteiger partial charge in [0.2, 0.25) is 0 Å². The van der Waals surface area contributed by atoms with Gasteiger partial charge in [-0.3, -0.25) is 0 Å². The SMILES string of the molecule is C/C(=C/CCC1(C)OC2(C)CCC1CC2)CO. The molecule has 1 atom stereocenters. The van der Waals surface area contributed by atoms with Crippen LogP contribution in [0.5, 0.6) is 0 Å². The van der Waals surface area contributed by atoms with E-state index in [4.69, 9.17) is 9.84 Å². The first-order valence-electron chi connectivity index (χ1n) is 6.94. The monoisotopic (exact) mass is 238 g/mol. The number of fused-ring (bicyclic) bond motifs is 3. The summed E-state index contributed by atoms with van der Waals surface area (Å²) >= 11 is 0. The Morgan fingerprint density at radius 3 is 2.53 bits per heavy atom. The third-order valence-corrected chi connectivity index (χ3v) is 4.77. The van der Waals surface area contributed by atoms with Gasteiger partial charge >= 0.3 is 0 Å². The van der Waals surface area contributed by atoms with Gasteiger partial charge in [-0.2, -0.15) is 0 Å². The lowest BCUT2D eigenvalue weighted by Gasteiger charge is -2.55. The molecule has 2 heterocycles. The van der Waals surface area contributed by atoms with Crippen LogP contribution in [0.15, 0.2) is 11.6 Å². The van der Waals surface area contributed by atoms with Gasteiger partial charge in [0.25, 0.3) is 0 Å². The van der Waals surface area contributed by atoms with E-state index in [9.17, 15) is 0 Å². The van der Waals surface area contributed by atoms with Gasteiger partial charge in [0.05, 0.1) is 17.8 Å². The highest BCUT2D eigenvalue weighted by molar-refractivity contribution is 5.03. The highest BCUT2D eigenvalue weighted by atomic mass is 16.5. The predicted molar refractivity (Wildman–Crippen MR) is 69.9 cm³/mol. The number of aliphatic hydroxyl groups excluding tert-OH is 1. The molecule has 17 heavy (non-hydrogen) atoms. The van der Waals surface area contributed by atoms with Crippen molar-refractivity contribution in [3.63, 3.8) is 0 Å². The van der Waals surface area contributed by atoms with Crippen LogP contribution in [0, 0.1) is 5.92 Å². The first kappa shape index (κ1) is 13.1. The zero-order valence-corrected chi connectivity index (χ0v) is 11.5. The van der Waals surface area contributed by atoms with E-state index >= 15 is 0 Å². The van der Waals surface area contributed by atoms with Gasteiger partial charge in [-0.1, -0.05) is 11.6 Å². The van der Waals surface area contributed by atoms with E-state index in [-0.39, 0.29) is 17.8 Å². The van der Waals surface area contributed by atoms with Crippen molar-refractivity contribution in [3.8, 4) is 0 Å². The number of hydrogen-bond donors (Lipinski definition) is 1. The highest BCUT2D eigenvalue weighted by Gasteiger charge is 2.50. The summed E-state index contributed by atoms with van der Waals surface area (Å²) in [5.41, 5.74) is 1.28. The molecule has 0 aromatic rings. The average Bonchev–Trinajstić information content (AvgIpc) is 2.28. The Kier molecular flexibility index (Phi) is 3.65. The van der Waals surface area contributed by atoms with Crippen molar-refractivity contribution >= 4 is 0 Å². The van der Waals surface area contributed by atoms with E-state index in [2.05, 4.69) is 19.9 Å². The number of hydrogen-bond acceptors (Lipinski definition) is 2. The Bertz CT molecular complexity index is 300. The zero-order valence-electron chi connectivity index (χ0n) is 11.5. The predicted octanol–water partition coefficient (Wildman–Crippen LogP) is 3.44. The minimum absolute atomic E-state index is 0.0670. The van der Waals surface area contributed by atoms with Crippen molar-refractivity contribution in [3.05, 3.63) is 11.6 Å². The van der Waals surface area contributed by atoms with Crippen LogP contribution in [0.1, 0.15) is 59.3 Å². The van der Waals surface area contributed by atoms with Crippen molar-refractivity contribution in [2.45, 2.75) is 70.5 Å². The Morgan fingerprint density at radius 2 is 2.00 bits per heavy atom. The molecule has 1 saturated carbocycles. The molecule has 1 N–H and O–H groups in total. The summed E-state index contributed by atoms with van der Waals surface area (Å²) in [4.78, 5) is 0. The molecular weight excluding hydrogens is 212 g/mol. The van der Waals surface area contributed by atoms with E-state index in [1.165, 1.54) is 25.7 Å². The van der Waals surface area contributed by atoms with E-state index < -0.39 is 0 Å². The third-order valence-electron chi connectivity index (χ3n) is 4.77. The van der Waals surface area contributed by atoms with Crippen LogP contribution in [0.4, 0.5) is 0 Å². The summed E-state index contributed by atoms with van der Waals surface area (Å²) < 4.78 is 6.38. The molecule has 0 aromatic heterocycles. The smallest absolute Gasteiger partial charge is 0.0692 e. The lowest BCUT2D eigenvalue weighted by molar-refractivity contribution is -0.240. The standard InChI is InChI=1S/C15H26O2/c1-12(11-16)5-4-8-15(3)13-6-9-14(2,17-15)10-7-13/h5,13,16H,4,6-11H2,1-3H3/b12-5-. The Balaban J connectivity index is 1.95. The van der Waals surface area contributed by atoms with E-state index in [1.54, 1.807) is 0 Å². The van der Waals surface area contributed by atoms with Crippen LogP contribution in [-0.4, -0.2) is 22.9 Å². The van der Waals surface area contributed by atoms with Crippen molar-refractivity contribution in [1.29, 1.82) is 0 Å². The van der Waals surface area contributed by atoms with Gasteiger partial charge in [-0.15, -0.1) is 0 Å². The first-order valence-corrected chi connectivity index (χ1v) is 6.94. The van der Waals surface area contributed by atoms with Gasteiger partial charge in [-0.05, 0) is 65.2 Å². The Labute approximate surface area is 105 Å². The lowest BCUT2D eigenvalue weighted by atomic mass is 9.67. The molecule has 2 nitrogen and oxygen atoms in total. The molecule has 2 saturated heterocycles. The second kappa shape index (κ2) is 4.74. The third kappa shape index (κ3) is 2.74. The Hall–Kier alpha value is -0.340. The van der Waals surface area contributed by atoms with Crippen molar-refractivity contribution in [2.75, 3.05) is 6.61 Å². The van der Waals surface area contributed by atoms with Crippen LogP contribution in [0.25, 0.3) is 0 Å². The van der Waals surface area contributed by atoms with E-state index in [0.717, 1.165) is 24.3 Å². The quantitative estimate of drug-likeness (QED) is 0.760. The summed E-state index contributed by atoms with van der Waals surface area (Å²) in [6, 6.07) is 0. The molecule has 2 bridgehead atoms. The Morgan fingerprint density at radius 1 is 1.35 bits per heavy atom. The molecule has 2 heteroatoms. The summed E-state index contributed by atoms with van der Waals surface area (Å²) in [6.45, 7) is 6.72. The maximum atomic E-state index is 8.98. The van der Waals surface area contributed by atoms with Crippen LogP contribution in [0.2, 0.25) is 0 Å². The van der Waals surface area contributed by atoms with Crippen LogP contribution in [-0.2, 0) is 4.74 Å². The maximum Gasteiger partial charge on any atom is 0.0692 e. The minimum atomic E-state index is 0.0670. The minimum Gasteiger partial charge on any atom is -0.392 e. The van der Waals surface area contributed by atoms with Crippen LogP contribution < -0.4 is 0 Å². The van der Waals surface area contributed by atoms with Crippen LogP contribution in [0.3, 0.4) is 0 Å². The fourth-order valence-electron chi connectivity index (χ4n) is 3.51. The molecule has 3 rings (SSSR count). The molecule has 3 aliphatic rings. The van der Waals surface area contributed by atoms with Crippen molar-refractivity contribution in [1.82, 2.24) is 0 Å². The number of ether oxygens (including phenoxy) is 1. The lowest BCUT2D eigenvalue weighted by Crippen LogP contribution is -2.55. The number of rotatable bonds is 4. The first-order chi connectivity index (χ1) is 7.97. The van der Waals surface area contributed by atoms with Gasteiger partial charge < -0.3 is 9.84 Å². The molecule has 2 aliphatic heterocycles. The largest absolute Gasteiger partial charge is 0.392 e. The molecule has 1 unspecified atom stereocenters. The molecular formula is C15H26O2. The summed E-state index contributed by atoms with van der Waals surface area (Å²) in [6.07, 6.45) is 9.39. The molecule has 0 radical (unpaired) electrons. The van der Waals surface area contributed by atoms with Gasteiger partial charge in [0.15, 0.2) is 0 Å². The fourth-order valence-corrected chi connectivity index (χ4v) is 3.51. The molecule has 3 fully saturated rings. The second-order valence-electron chi connectivity index (χ2n) is 6.39. The van der Waals surface area contributed by atoms with Gasteiger partial charge in [-0.25, -0.2) is 0 Å². The molecule has 0 aromatic carbocycles. The molecule has 98 valence electrons. The van der Waals surface area contributed by atoms with Crippen LogP contribution >= 0.6 is 0 Å². The average molecular weight is 238 g/mol. The van der Waals surface area contributed by atoms with Gasteiger partial charge in [0, 0.05) is 0 Å². The van der Waals surface area contributed by atoms with E-state index in [1.807, 2.05) is 6.92 Å². The summed E-state index contributed by atoms with van der Waals surface area (Å²) in [5, 5.41) is 8.98. The van der Waals surface area contributed by atoms with Gasteiger partial charge in [0.1, 0.15) is 0 Å². The highest BCUT2D eigenvalue weighted by Crippen LogP contribution is 2.51.